The molecule has 0 aliphatic heterocycles. The van der Waals surface area contributed by atoms with Crippen LogP contribution in [0.4, 0.5) is 5.69 Å². The van der Waals surface area contributed by atoms with Crippen molar-refractivity contribution in [2.45, 2.75) is 32.5 Å². The standard InChI is InChI=1S/C24H26N6O2S/c1-5-29-22(19-14-10-9-11-16(19)2)26-27-24(29)33-15-20(31)25-21-17(3)28(4)30(23(21)32)18-12-7-6-8-13-18/h6-14H,5,15H2,1-4H3,(H,25,31). The number of hydrogen-bond acceptors (Lipinski definition) is 5. The van der Waals surface area contributed by atoms with Gasteiger partial charge in [-0.1, -0.05) is 54.2 Å². The van der Waals surface area contributed by atoms with Gasteiger partial charge < -0.3 is 9.88 Å². The Morgan fingerprint density at radius 2 is 1.73 bits per heavy atom. The normalized spacial score (nSPS) is 11.0. The maximum absolute atomic E-state index is 13.0. The Kier molecular flexibility index (Phi) is 6.50. The lowest BCUT2D eigenvalue weighted by atomic mass is 10.1. The van der Waals surface area contributed by atoms with Gasteiger partial charge in [0.05, 0.1) is 17.1 Å². The first-order chi connectivity index (χ1) is 15.9. The van der Waals surface area contributed by atoms with Crippen LogP contribution in [0.5, 0.6) is 0 Å². The van der Waals surface area contributed by atoms with Gasteiger partial charge in [0.1, 0.15) is 5.69 Å². The fourth-order valence-corrected chi connectivity index (χ4v) is 4.52. The summed E-state index contributed by atoms with van der Waals surface area (Å²) in [7, 11) is 1.80. The van der Waals surface area contributed by atoms with E-state index >= 15 is 0 Å². The molecular formula is C24H26N6O2S. The maximum Gasteiger partial charge on any atom is 0.295 e. The van der Waals surface area contributed by atoms with Crippen molar-refractivity contribution in [3.05, 3.63) is 76.2 Å². The molecule has 0 radical (unpaired) electrons. The van der Waals surface area contributed by atoms with E-state index in [1.165, 1.54) is 11.8 Å². The molecule has 0 bridgehead atoms. The predicted molar refractivity (Wildman–Crippen MR) is 131 cm³/mol. The molecule has 0 atom stereocenters. The van der Waals surface area contributed by atoms with Gasteiger partial charge in [-0.05, 0) is 38.5 Å². The molecule has 1 N–H and O–H groups in total. The van der Waals surface area contributed by atoms with Gasteiger partial charge in [-0.15, -0.1) is 10.2 Å². The molecule has 0 saturated carbocycles. The van der Waals surface area contributed by atoms with Crippen LogP contribution in [0.1, 0.15) is 18.2 Å². The minimum atomic E-state index is -0.269. The summed E-state index contributed by atoms with van der Waals surface area (Å²) in [5.41, 5.74) is 3.57. The third-order valence-corrected chi connectivity index (χ3v) is 6.54. The number of nitrogens with one attached hydrogen (secondary N) is 1. The van der Waals surface area contributed by atoms with Crippen molar-refractivity contribution in [1.82, 2.24) is 24.1 Å². The van der Waals surface area contributed by atoms with Crippen molar-refractivity contribution >= 4 is 23.4 Å². The van der Waals surface area contributed by atoms with Gasteiger partial charge >= 0.3 is 0 Å². The topological polar surface area (TPSA) is 86.7 Å². The molecule has 2 aromatic heterocycles. The van der Waals surface area contributed by atoms with Gasteiger partial charge in [0.15, 0.2) is 11.0 Å². The maximum atomic E-state index is 13.0. The zero-order chi connectivity index (χ0) is 23.5. The number of carbonyl (C=O) groups is 1. The lowest BCUT2D eigenvalue weighted by Crippen LogP contribution is -2.23. The van der Waals surface area contributed by atoms with Gasteiger partial charge in [0.2, 0.25) is 5.91 Å². The smallest absolute Gasteiger partial charge is 0.295 e. The third kappa shape index (κ3) is 4.36. The van der Waals surface area contributed by atoms with Crippen LogP contribution >= 0.6 is 11.8 Å². The van der Waals surface area contributed by atoms with Crippen LogP contribution < -0.4 is 10.9 Å². The zero-order valence-electron chi connectivity index (χ0n) is 19.1. The van der Waals surface area contributed by atoms with E-state index in [1.807, 2.05) is 79.9 Å². The van der Waals surface area contributed by atoms with Crippen molar-refractivity contribution in [2.75, 3.05) is 11.1 Å². The molecule has 0 aliphatic rings. The van der Waals surface area contributed by atoms with Gasteiger partial charge in [0.25, 0.3) is 5.56 Å². The summed E-state index contributed by atoms with van der Waals surface area (Å²) in [6.45, 7) is 6.55. The first kappa shape index (κ1) is 22.6. The number of rotatable bonds is 7. The number of aromatic nitrogens is 5. The van der Waals surface area contributed by atoms with E-state index in [0.717, 1.165) is 22.6 Å². The van der Waals surface area contributed by atoms with E-state index in [2.05, 4.69) is 15.5 Å². The largest absolute Gasteiger partial charge is 0.319 e. The summed E-state index contributed by atoms with van der Waals surface area (Å²) in [5.74, 6) is 0.627. The highest BCUT2D eigenvalue weighted by Crippen LogP contribution is 2.26. The molecule has 0 aliphatic carbocycles. The zero-order valence-corrected chi connectivity index (χ0v) is 19.9. The fourth-order valence-electron chi connectivity index (χ4n) is 3.72. The molecule has 170 valence electrons. The molecule has 4 aromatic rings. The number of amides is 1. The second kappa shape index (κ2) is 9.50. The van der Waals surface area contributed by atoms with Crippen LogP contribution in [0.15, 0.2) is 64.5 Å². The molecule has 8 nitrogen and oxygen atoms in total. The Hall–Kier alpha value is -3.59. The molecular weight excluding hydrogens is 436 g/mol. The van der Waals surface area contributed by atoms with Crippen LogP contribution in [-0.4, -0.2) is 35.8 Å². The van der Waals surface area contributed by atoms with Crippen LogP contribution in [-0.2, 0) is 18.4 Å². The number of hydrogen-bond donors (Lipinski definition) is 1. The minimum absolute atomic E-state index is 0.116. The number of nitrogens with zero attached hydrogens (tertiary/aromatic N) is 5. The van der Waals surface area contributed by atoms with Crippen LogP contribution in [0.3, 0.4) is 0 Å². The van der Waals surface area contributed by atoms with Gasteiger partial charge in [-0.3, -0.25) is 14.3 Å². The number of thioether (sulfide) groups is 1. The quantitative estimate of drug-likeness (QED) is 0.422. The summed E-state index contributed by atoms with van der Waals surface area (Å²) < 4.78 is 5.28. The second-order valence-corrected chi connectivity index (χ2v) is 8.58. The van der Waals surface area contributed by atoms with Gasteiger partial charge in [0, 0.05) is 19.2 Å². The highest BCUT2D eigenvalue weighted by atomic mass is 32.2. The van der Waals surface area contributed by atoms with Crippen LogP contribution in [0, 0.1) is 13.8 Å². The Labute approximate surface area is 196 Å². The number of benzene rings is 2. The molecule has 0 saturated heterocycles. The highest BCUT2D eigenvalue weighted by molar-refractivity contribution is 7.99. The summed E-state index contributed by atoms with van der Waals surface area (Å²) >= 11 is 1.30. The monoisotopic (exact) mass is 462 g/mol. The van der Waals surface area contributed by atoms with E-state index in [9.17, 15) is 9.59 Å². The molecule has 2 aromatic carbocycles. The van der Waals surface area contributed by atoms with E-state index in [-0.39, 0.29) is 22.9 Å². The lowest BCUT2D eigenvalue weighted by molar-refractivity contribution is -0.113. The van der Waals surface area contributed by atoms with Gasteiger partial charge in [-0.2, -0.15) is 0 Å². The van der Waals surface area contributed by atoms with Crippen molar-refractivity contribution in [2.24, 2.45) is 7.05 Å². The van der Waals surface area contributed by atoms with E-state index in [1.54, 1.807) is 16.4 Å². The molecule has 1 amide bonds. The average molecular weight is 463 g/mol. The number of anilines is 1. The first-order valence-electron chi connectivity index (χ1n) is 10.7. The van der Waals surface area contributed by atoms with Crippen molar-refractivity contribution < 1.29 is 4.79 Å². The average Bonchev–Trinajstić information content (AvgIpc) is 3.32. The first-order valence-corrected chi connectivity index (χ1v) is 11.7. The molecule has 2 heterocycles. The van der Waals surface area contributed by atoms with Crippen molar-refractivity contribution in [3.63, 3.8) is 0 Å². The molecule has 0 unspecified atom stereocenters. The van der Waals surface area contributed by atoms with Crippen molar-refractivity contribution in [3.8, 4) is 17.1 Å². The molecule has 9 heteroatoms. The number of para-hydroxylation sites is 1. The second-order valence-electron chi connectivity index (χ2n) is 7.64. The SMILES string of the molecule is CCn1c(SCC(=O)Nc2c(C)n(C)n(-c3ccccc3)c2=O)nnc1-c1ccccc1C. The fraction of sp³-hybridized carbons (Fsp3) is 0.250. The minimum Gasteiger partial charge on any atom is -0.319 e. The van der Waals surface area contributed by atoms with Crippen LogP contribution in [0.25, 0.3) is 17.1 Å². The van der Waals surface area contributed by atoms with Crippen molar-refractivity contribution in [1.29, 1.82) is 0 Å². The van der Waals surface area contributed by atoms with Crippen LogP contribution in [0.2, 0.25) is 0 Å². The van der Waals surface area contributed by atoms with E-state index in [0.29, 0.717) is 17.4 Å². The Balaban J connectivity index is 1.51. The summed E-state index contributed by atoms with van der Waals surface area (Å²) in [6, 6.07) is 17.4. The lowest BCUT2D eigenvalue weighted by Gasteiger charge is -2.09. The number of aryl methyl sites for hydroxylation is 1. The predicted octanol–water partition coefficient (Wildman–Crippen LogP) is 3.80. The van der Waals surface area contributed by atoms with Gasteiger partial charge in [-0.25, -0.2) is 4.68 Å². The van der Waals surface area contributed by atoms with E-state index in [4.69, 9.17) is 0 Å². The molecule has 0 fully saturated rings. The highest BCUT2D eigenvalue weighted by Gasteiger charge is 2.20. The molecule has 0 spiro atoms. The summed E-state index contributed by atoms with van der Waals surface area (Å²) in [5, 5.41) is 12.1. The molecule has 33 heavy (non-hydrogen) atoms. The summed E-state index contributed by atoms with van der Waals surface area (Å²) in [4.78, 5) is 25.7. The Morgan fingerprint density at radius 1 is 1.03 bits per heavy atom. The Bertz CT molecular complexity index is 1350. The Morgan fingerprint density at radius 3 is 2.42 bits per heavy atom. The number of carbonyl (C=O) groups excluding carboxylic acids is 1. The molecule has 4 rings (SSSR count). The third-order valence-electron chi connectivity index (χ3n) is 5.57. The van der Waals surface area contributed by atoms with E-state index < -0.39 is 0 Å². The summed E-state index contributed by atoms with van der Waals surface area (Å²) in [6.07, 6.45) is 0.